The summed E-state index contributed by atoms with van der Waals surface area (Å²) < 4.78 is 7.22. The molecule has 28 heavy (non-hydrogen) atoms. The molecule has 152 valence electrons. The number of carbonyl (C=O) groups is 1. The highest BCUT2D eigenvalue weighted by atomic mass is 32.1. The molecule has 0 atom stereocenters. The number of ether oxygens (including phenoxy) is 1. The monoisotopic (exact) mass is 420 g/mol. The average molecular weight is 421 g/mol. The maximum atomic E-state index is 12.7. The summed E-state index contributed by atoms with van der Waals surface area (Å²) in [7, 11) is 0. The topological polar surface area (TPSA) is 68.2 Å². The number of fused-ring (bicyclic) bond motifs is 1. The summed E-state index contributed by atoms with van der Waals surface area (Å²) >= 11 is 7.11. The summed E-state index contributed by atoms with van der Waals surface area (Å²) in [5.41, 5.74) is 2.74. The van der Waals surface area contributed by atoms with Crippen molar-refractivity contribution in [1.82, 2.24) is 15.1 Å². The van der Waals surface area contributed by atoms with E-state index in [0.717, 1.165) is 48.5 Å². The molecule has 0 amide bonds. The zero-order chi connectivity index (χ0) is 19.9. The third-order valence-corrected chi connectivity index (χ3v) is 6.28. The van der Waals surface area contributed by atoms with Gasteiger partial charge in [0.05, 0.1) is 24.4 Å². The first kappa shape index (κ1) is 20.8. The molecule has 1 aliphatic rings. The smallest absolute Gasteiger partial charge is 0.341 e. The van der Waals surface area contributed by atoms with Gasteiger partial charge in [0.2, 0.25) is 0 Å². The van der Waals surface area contributed by atoms with Gasteiger partial charge in [-0.25, -0.2) is 4.79 Å². The number of carbonyl (C=O) groups excluding carboxylic acids is 1. The molecule has 3 rings (SSSR count). The summed E-state index contributed by atoms with van der Waals surface area (Å²) in [5.74, 6) is -0.257. The van der Waals surface area contributed by atoms with Gasteiger partial charge in [0.25, 0.3) is 0 Å². The zero-order valence-corrected chi connectivity index (χ0v) is 18.2. The Labute approximate surface area is 175 Å². The Bertz CT molecular complexity index is 828. The van der Waals surface area contributed by atoms with E-state index >= 15 is 0 Å². The van der Waals surface area contributed by atoms with Crippen LogP contribution in [0.25, 0.3) is 0 Å². The lowest BCUT2D eigenvalue weighted by molar-refractivity contribution is 0.0526. The number of nitrogens with one attached hydrogen (secondary N) is 2. The normalized spacial score (nSPS) is 13.9. The lowest BCUT2D eigenvalue weighted by Crippen LogP contribution is -2.28. The SMILES string of the molecule is CCOC(=O)c1c(NC(=S)NCc2ccn(CC)n2)sc2c1CCCCCC2. The maximum Gasteiger partial charge on any atom is 0.341 e. The van der Waals surface area contributed by atoms with Crippen LogP contribution in [0, 0.1) is 0 Å². The molecule has 0 spiro atoms. The fourth-order valence-corrected chi connectivity index (χ4v) is 4.94. The summed E-state index contributed by atoms with van der Waals surface area (Å²) in [4.78, 5) is 13.9. The molecule has 0 aliphatic heterocycles. The van der Waals surface area contributed by atoms with Crippen molar-refractivity contribution >= 4 is 39.6 Å². The molecule has 2 aromatic heterocycles. The van der Waals surface area contributed by atoms with Gasteiger partial charge in [-0.2, -0.15) is 5.10 Å². The lowest BCUT2D eigenvalue weighted by Gasteiger charge is -2.12. The Hall–Kier alpha value is -1.93. The molecule has 0 fully saturated rings. The lowest BCUT2D eigenvalue weighted by atomic mass is 9.96. The van der Waals surface area contributed by atoms with Crippen molar-refractivity contribution in [3.8, 4) is 0 Å². The van der Waals surface area contributed by atoms with Crippen LogP contribution in [0.4, 0.5) is 5.00 Å². The summed E-state index contributed by atoms with van der Waals surface area (Å²) in [6, 6.07) is 1.97. The fourth-order valence-electron chi connectivity index (χ4n) is 3.42. The maximum absolute atomic E-state index is 12.7. The van der Waals surface area contributed by atoms with Crippen molar-refractivity contribution in [2.75, 3.05) is 11.9 Å². The number of aryl methyl sites for hydroxylation is 2. The highest BCUT2D eigenvalue weighted by molar-refractivity contribution is 7.80. The van der Waals surface area contributed by atoms with Gasteiger partial charge in [-0.3, -0.25) is 4.68 Å². The number of anilines is 1. The predicted octanol–water partition coefficient (Wildman–Crippen LogP) is 4.29. The Morgan fingerprint density at radius 1 is 1.29 bits per heavy atom. The van der Waals surface area contributed by atoms with E-state index in [2.05, 4.69) is 22.7 Å². The molecule has 2 heterocycles. The van der Waals surface area contributed by atoms with E-state index in [1.807, 2.05) is 23.9 Å². The molecule has 8 heteroatoms. The third kappa shape index (κ3) is 5.11. The van der Waals surface area contributed by atoms with Crippen LogP contribution in [0.15, 0.2) is 12.3 Å². The third-order valence-electron chi connectivity index (χ3n) is 4.83. The van der Waals surface area contributed by atoms with Crippen LogP contribution < -0.4 is 10.6 Å². The predicted molar refractivity (Wildman–Crippen MR) is 117 cm³/mol. The van der Waals surface area contributed by atoms with Crippen molar-refractivity contribution < 1.29 is 9.53 Å². The number of rotatable bonds is 6. The van der Waals surface area contributed by atoms with Gasteiger partial charge in [-0.1, -0.05) is 12.8 Å². The summed E-state index contributed by atoms with van der Waals surface area (Å²) in [6.45, 7) is 5.63. The Balaban J connectivity index is 1.74. The van der Waals surface area contributed by atoms with E-state index < -0.39 is 0 Å². The number of hydrogen-bond donors (Lipinski definition) is 2. The minimum atomic E-state index is -0.257. The number of nitrogens with zero attached hydrogens (tertiary/aromatic N) is 2. The molecule has 2 aromatic rings. The molecular formula is C20H28N4O2S2. The molecule has 1 aliphatic carbocycles. The highest BCUT2D eigenvalue weighted by Crippen LogP contribution is 2.37. The number of thiocarbonyl (C=S) groups is 1. The Morgan fingerprint density at radius 2 is 2.07 bits per heavy atom. The minimum Gasteiger partial charge on any atom is -0.462 e. The van der Waals surface area contributed by atoms with E-state index in [-0.39, 0.29) is 5.97 Å². The van der Waals surface area contributed by atoms with E-state index in [1.54, 1.807) is 11.3 Å². The molecule has 2 N–H and O–H groups in total. The van der Waals surface area contributed by atoms with Gasteiger partial charge in [-0.05, 0) is 63.4 Å². The molecule has 0 bridgehead atoms. The Morgan fingerprint density at radius 3 is 2.79 bits per heavy atom. The minimum absolute atomic E-state index is 0.257. The van der Waals surface area contributed by atoms with Crippen LogP contribution in [-0.4, -0.2) is 27.5 Å². The van der Waals surface area contributed by atoms with Crippen molar-refractivity contribution in [3.05, 3.63) is 34.0 Å². The zero-order valence-electron chi connectivity index (χ0n) is 16.5. The van der Waals surface area contributed by atoms with Crippen molar-refractivity contribution in [3.63, 3.8) is 0 Å². The molecule has 0 radical (unpaired) electrons. The van der Waals surface area contributed by atoms with E-state index in [1.165, 1.54) is 17.7 Å². The standard InChI is InChI=1S/C20H28N4O2S2/c1-3-24-12-11-14(23-24)13-21-20(27)22-18-17(19(25)26-4-2)15-9-7-5-6-8-10-16(15)28-18/h11-12H,3-10,13H2,1-2H3,(H2,21,22,27). The van der Waals surface area contributed by atoms with Crippen LogP contribution in [0.5, 0.6) is 0 Å². The Kier molecular flexibility index (Phi) is 7.44. The van der Waals surface area contributed by atoms with Crippen LogP contribution in [0.3, 0.4) is 0 Å². The van der Waals surface area contributed by atoms with Gasteiger partial charge < -0.3 is 15.4 Å². The van der Waals surface area contributed by atoms with E-state index in [9.17, 15) is 4.79 Å². The van der Waals surface area contributed by atoms with Crippen LogP contribution in [-0.2, 0) is 30.7 Å². The summed E-state index contributed by atoms with van der Waals surface area (Å²) in [5, 5.41) is 12.2. The van der Waals surface area contributed by atoms with E-state index in [0.29, 0.717) is 23.8 Å². The second kappa shape index (κ2) is 10.0. The first-order chi connectivity index (χ1) is 13.6. The van der Waals surface area contributed by atoms with Gasteiger partial charge >= 0.3 is 5.97 Å². The van der Waals surface area contributed by atoms with Crippen molar-refractivity contribution in [2.24, 2.45) is 0 Å². The molecule has 0 unspecified atom stereocenters. The molecule has 0 aromatic carbocycles. The first-order valence-electron chi connectivity index (χ1n) is 10.0. The average Bonchev–Trinajstić information content (AvgIpc) is 3.25. The quantitative estimate of drug-likeness (QED) is 0.537. The van der Waals surface area contributed by atoms with Gasteiger partial charge in [0.1, 0.15) is 5.00 Å². The van der Waals surface area contributed by atoms with Gasteiger partial charge in [-0.15, -0.1) is 11.3 Å². The largest absolute Gasteiger partial charge is 0.462 e. The van der Waals surface area contributed by atoms with Crippen molar-refractivity contribution in [2.45, 2.75) is 65.5 Å². The second-order valence-corrected chi connectivity index (χ2v) is 8.33. The van der Waals surface area contributed by atoms with Crippen LogP contribution >= 0.6 is 23.6 Å². The molecular weight excluding hydrogens is 392 g/mol. The van der Waals surface area contributed by atoms with Crippen LogP contribution in [0.2, 0.25) is 0 Å². The molecule has 0 saturated carbocycles. The summed E-state index contributed by atoms with van der Waals surface area (Å²) in [6.07, 6.45) is 8.63. The molecule has 0 saturated heterocycles. The first-order valence-corrected chi connectivity index (χ1v) is 11.2. The number of aromatic nitrogens is 2. The van der Waals surface area contributed by atoms with Crippen LogP contribution in [0.1, 0.15) is 66.0 Å². The number of thiophene rings is 1. The number of esters is 1. The fraction of sp³-hybridized carbons (Fsp3) is 0.550. The number of hydrogen-bond acceptors (Lipinski definition) is 5. The van der Waals surface area contributed by atoms with Crippen molar-refractivity contribution in [1.29, 1.82) is 0 Å². The highest BCUT2D eigenvalue weighted by Gasteiger charge is 2.25. The second-order valence-electron chi connectivity index (χ2n) is 6.81. The van der Waals surface area contributed by atoms with Gasteiger partial charge in [0, 0.05) is 17.6 Å². The molecule has 6 nitrogen and oxygen atoms in total. The van der Waals surface area contributed by atoms with Gasteiger partial charge in [0.15, 0.2) is 5.11 Å². The van der Waals surface area contributed by atoms with E-state index in [4.69, 9.17) is 17.0 Å².